The second-order valence-corrected chi connectivity index (χ2v) is 8.44. The number of H-pyrrole nitrogens is 1. The number of aromatic amines is 1. The molecule has 4 aromatic rings. The fourth-order valence-corrected chi connectivity index (χ4v) is 4.15. The smallest absolute Gasteiger partial charge is 0.347 e. The highest BCUT2D eigenvalue weighted by atomic mass is 16.3. The van der Waals surface area contributed by atoms with Crippen LogP contribution in [0.15, 0.2) is 64.0 Å². The number of fused-ring (bicyclic) bond motifs is 1. The highest BCUT2D eigenvalue weighted by Gasteiger charge is 2.34. The van der Waals surface area contributed by atoms with Crippen molar-refractivity contribution in [1.29, 1.82) is 0 Å². The number of likely N-dealkylation sites (tertiary alicyclic amines) is 1. The lowest BCUT2D eigenvalue weighted by molar-refractivity contribution is -0.131. The summed E-state index contributed by atoms with van der Waals surface area (Å²) < 4.78 is 6.90. The van der Waals surface area contributed by atoms with Crippen molar-refractivity contribution in [1.82, 2.24) is 19.7 Å². The van der Waals surface area contributed by atoms with Crippen LogP contribution < -0.4 is 5.69 Å². The number of aryl methyl sites for hydroxylation is 1. The predicted molar refractivity (Wildman–Crippen MR) is 123 cm³/mol. The number of furan rings is 1. The van der Waals surface area contributed by atoms with E-state index in [0.717, 1.165) is 53.7 Å². The molecular formula is C25H26N4O3. The van der Waals surface area contributed by atoms with Crippen LogP contribution in [0.1, 0.15) is 31.5 Å². The van der Waals surface area contributed by atoms with E-state index in [9.17, 15) is 9.59 Å². The van der Waals surface area contributed by atoms with Gasteiger partial charge in [-0.25, -0.2) is 14.5 Å². The Morgan fingerprint density at radius 3 is 2.41 bits per heavy atom. The molecule has 3 heterocycles. The molecular weight excluding hydrogens is 404 g/mol. The zero-order valence-electron chi connectivity index (χ0n) is 18.1. The topological polar surface area (TPSA) is 84.1 Å². The molecule has 2 fully saturated rings. The van der Waals surface area contributed by atoms with E-state index < -0.39 is 0 Å². The van der Waals surface area contributed by atoms with Crippen molar-refractivity contribution in [3.05, 3.63) is 71.1 Å². The van der Waals surface area contributed by atoms with Crippen molar-refractivity contribution >= 4 is 16.9 Å². The summed E-state index contributed by atoms with van der Waals surface area (Å²) in [5, 5.41) is 7.43. The van der Waals surface area contributed by atoms with Gasteiger partial charge in [-0.2, -0.15) is 5.10 Å². The second-order valence-electron chi connectivity index (χ2n) is 8.44. The first-order chi connectivity index (χ1) is 15.6. The number of amides is 1. The first-order valence-corrected chi connectivity index (χ1v) is 11.1. The molecule has 164 valence electrons. The van der Waals surface area contributed by atoms with Crippen LogP contribution in [0.5, 0.6) is 0 Å². The Labute approximate surface area is 185 Å². The molecule has 0 radical (unpaired) electrons. The monoisotopic (exact) mass is 430 g/mol. The van der Waals surface area contributed by atoms with Crippen molar-refractivity contribution in [3.8, 4) is 16.8 Å². The van der Waals surface area contributed by atoms with Crippen LogP contribution in [0.3, 0.4) is 0 Å². The third-order valence-corrected chi connectivity index (χ3v) is 6.10. The first-order valence-electron chi connectivity index (χ1n) is 11.1. The molecule has 32 heavy (non-hydrogen) atoms. The molecule has 1 aliphatic heterocycles. The SMILES string of the molecule is Cc1n[nH]c(=O)n1-c1ccc(-c2ccc3occc3c2)cc1.O=C(C1CC1)N1CCCC1. The number of carbonyl (C=O) groups excluding carboxylic acids is 1. The summed E-state index contributed by atoms with van der Waals surface area (Å²) in [6, 6.07) is 15.8. The fraction of sp³-hybridized carbons (Fsp3) is 0.320. The standard InChI is InChI=1S/C17H13N3O2.C8H13NO/c1-11-18-19-17(21)20(11)15-5-2-12(3-6-15)13-4-7-16-14(10-13)8-9-22-16;10-8(7-3-4-7)9-5-1-2-6-9/h2-10H,1H3,(H,19,21);7H,1-6H2. The summed E-state index contributed by atoms with van der Waals surface area (Å²) in [5.74, 6) is 1.49. The highest BCUT2D eigenvalue weighted by molar-refractivity contribution is 5.83. The van der Waals surface area contributed by atoms with Crippen LogP contribution >= 0.6 is 0 Å². The first kappa shape index (κ1) is 20.3. The van der Waals surface area contributed by atoms with Gasteiger partial charge in [0.15, 0.2) is 0 Å². The molecule has 1 aliphatic carbocycles. The molecule has 2 aromatic carbocycles. The molecule has 1 saturated carbocycles. The number of hydrogen-bond donors (Lipinski definition) is 1. The van der Waals surface area contributed by atoms with E-state index in [1.807, 2.05) is 47.4 Å². The Kier molecular flexibility index (Phi) is 5.39. The van der Waals surface area contributed by atoms with Gasteiger partial charge in [-0.05, 0) is 74.1 Å². The number of nitrogens with zero attached hydrogens (tertiary/aromatic N) is 3. The van der Waals surface area contributed by atoms with Crippen LogP contribution in [-0.2, 0) is 4.79 Å². The fourth-order valence-electron chi connectivity index (χ4n) is 4.15. The minimum Gasteiger partial charge on any atom is -0.464 e. The summed E-state index contributed by atoms with van der Waals surface area (Å²) in [4.78, 5) is 25.1. The van der Waals surface area contributed by atoms with E-state index in [4.69, 9.17) is 4.42 Å². The molecule has 6 rings (SSSR count). The van der Waals surface area contributed by atoms with Crippen molar-refractivity contribution < 1.29 is 9.21 Å². The Hall–Kier alpha value is -3.61. The summed E-state index contributed by atoms with van der Waals surface area (Å²) in [7, 11) is 0. The van der Waals surface area contributed by atoms with Crippen molar-refractivity contribution in [2.75, 3.05) is 13.1 Å². The summed E-state index contributed by atoms with van der Waals surface area (Å²) in [5.41, 5.74) is 3.63. The van der Waals surface area contributed by atoms with Gasteiger partial charge in [0.2, 0.25) is 5.91 Å². The van der Waals surface area contributed by atoms with E-state index in [-0.39, 0.29) is 5.69 Å². The molecule has 0 unspecified atom stereocenters. The van der Waals surface area contributed by atoms with Gasteiger partial charge in [0.1, 0.15) is 11.4 Å². The summed E-state index contributed by atoms with van der Waals surface area (Å²) in [6.45, 7) is 3.84. The van der Waals surface area contributed by atoms with Gasteiger partial charge >= 0.3 is 5.69 Å². The van der Waals surface area contributed by atoms with Gasteiger partial charge in [-0.3, -0.25) is 4.79 Å². The average Bonchev–Trinajstić information content (AvgIpc) is 3.18. The van der Waals surface area contributed by atoms with E-state index in [0.29, 0.717) is 17.6 Å². The Bertz CT molecular complexity index is 1290. The lowest BCUT2D eigenvalue weighted by atomic mass is 10.0. The van der Waals surface area contributed by atoms with Crippen LogP contribution in [-0.4, -0.2) is 38.7 Å². The maximum absolute atomic E-state index is 11.7. The lowest BCUT2D eigenvalue weighted by Crippen LogP contribution is -2.28. The third kappa shape index (κ3) is 4.10. The van der Waals surface area contributed by atoms with E-state index in [2.05, 4.69) is 16.3 Å². The molecule has 0 spiro atoms. The Morgan fingerprint density at radius 1 is 1.03 bits per heavy atom. The lowest BCUT2D eigenvalue weighted by Gasteiger charge is -2.13. The molecule has 1 amide bonds. The van der Waals surface area contributed by atoms with Crippen LogP contribution in [0.2, 0.25) is 0 Å². The zero-order valence-corrected chi connectivity index (χ0v) is 18.1. The van der Waals surface area contributed by atoms with E-state index in [1.165, 1.54) is 12.8 Å². The number of carbonyl (C=O) groups is 1. The quantitative estimate of drug-likeness (QED) is 0.525. The number of hydrogen-bond acceptors (Lipinski definition) is 4. The Balaban J connectivity index is 0.000000180. The summed E-state index contributed by atoms with van der Waals surface area (Å²) >= 11 is 0. The van der Waals surface area contributed by atoms with Crippen molar-refractivity contribution in [2.24, 2.45) is 5.92 Å². The molecule has 1 N–H and O–H groups in total. The highest BCUT2D eigenvalue weighted by Crippen LogP contribution is 2.32. The summed E-state index contributed by atoms with van der Waals surface area (Å²) in [6.07, 6.45) is 6.42. The van der Waals surface area contributed by atoms with Gasteiger partial charge in [-0.1, -0.05) is 18.2 Å². The van der Waals surface area contributed by atoms with Crippen LogP contribution in [0, 0.1) is 12.8 Å². The van der Waals surface area contributed by atoms with E-state index >= 15 is 0 Å². The minimum atomic E-state index is -0.231. The third-order valence-electron chi connectivity index (χ3n) is 6.10. The molecule has 2 aliphatic rings. The minimum absolute atomic E-state index is 0.231. The molecule has 7 heteroatoms. The second kappa shape index (κ2) is 8.49. The maximum Gasteiger partial charge on any atom is 0.347 e. The zero-order chi connectivity index (χ0) is 22.1. The normalized spacial score (nSPS) is 15.6. The maximum atomic E-state index is 11.7. The number of rotatable bonds is 3. The van der Waals surface area contributed by atoms with Gasteiger partial charge in [-0.15, -0.1) is 0 Å². The average molecular weight is 431 g/mol. The van der Waals surface area contributed by atoms with Gasteiger partial charge in [0.05, 0.1) is 12.0 Å². The van der Waals surface area contributed by atoms with Gasteiger partial charge in [0, 0.05) is 24.4 Å². The van der Waals surface area contributed by atoms with E-state index in [1.54, 1.807) is 17.8 Å². The van der Waals surface area contributed by atoms with Crippen LogP contribution in [0.4, 0.5) is 0 Å². The van der Waals surface area contributed by atoms with Gasteiger partial charge in [0.25, 0.3) is 0 Å². The molecule has 0 atom stereocenters. The van der Waals surface area contributed by atoms with Crippen molar-refractivity contribution in [3.63, 3.8) is 0 Å². The number of aromatic nitrogens is 3. The number of nitrogens with one attached hydrogen (secondary N) is 1. The van der Waals surface area contributed by atoms with Gasteiger partial charge < -0.3 is 9.32 Å². The molecule has 7 nitrogen and oxygen atoms in total. The predicted octanol–water partition coefficient (Wildman–Crippen LogP) is 4.30. The molecule has 2 aromatic heterocycles. The Morgan fingerprint density at radius 2 is 1.75 bits per heavy atom. The van der Waals surface area contributed by atoms with Crippen molar-refractivity contribution in [2.45, 2.75) is 32.6 Å². The molecule has 0 bridgehead atoms. The van der Waals surface area contributed by atoms with Crippen LogP contribution in [0.25, 0.3) is 27.8 Å². The number of benzene rings is 2. The molecule has 1 saturated heterocycles. The largest absolute Gasteiger partial charge is 0.464 e.